The van der Waals surface area contributed by atoms with Crippen molar-refractivity contribution in [3.63, 3.8) is 0 Å². The summed E-state index contributed by atoms with van der Waals surface area (Å²) in [5.41, 5.74) is 1.37. The van der Waals surface area contributed by atoms with Gasteiger partial charge in [0.05, 0.1) is 5.56 Å². The highest BCUT2D eigenvalue weighted by atomic mass is 16.3. The van der Waals surface area contributed by atoms with Crippen molar-refractivity contribution < 1.29 is 9.21 Å². The lowest BCUT2D eigenvalue weighted by molar-refractivity contribution is 0.112. The van der Waals surface area contributed by atoms with Gasteiger partial charge in [0.15, 0.2) is 6.29 Å². The van der Waals surface area contributed by atoms with Crippen molar-refractivity contribution in [1.29, 1.82) is 0 Å². The van der Waals surface area contributed by atoms with Crippen LogP contribution in [0.15, 0.2) is 47.1 Å². The fourth-order valence-electron chi connectivity index (χ4n) is 1.92. The second kappa shape index (κ2) is 2.95. The molecule has 2 aromatic carbocycles. The number of hydrogen-bond donors (Lipinski definition) is 0. The van der Waals surface area contributed by atoms with E-state index in [1.54, 1.807) is 0 Å². The Morgan fingerprint density at radius 2 is 1.93 bits per heavy atom. The minimum atomic E-state index is 0.613. The summed E-state index contributed by atoms with van der Waals surface area (Å²) in [6.07, 6.45) is 2.34. The van der Waals surface area contributed by atoms with Gasteiger partial charge in [0.2, 0.25) is 0 Å². The van der Waals surface area contributed by atoms with Crippen LogP contribution in [-0.2, 0) is 0 Å². The average Bonchev–Trinajstić information content (AvgIpc) is 2.72. The SMILES string of the molecule is O=Cc1coc2ccc3ccccc3c12. The van der Waals surface area contributed by atoms with Gasteiger partial charge in [-0.1, -0.05) is 30.3 Å². The molecule has 0 fully saturated rings. The molecule has 3 aromatic rings. The number of carbonyl (C=O) groups is 1. The lowest BCUT2D eigenvalue weighted by atomic mass is 10.0. The van der Waals surface area contributed by atoms with Gasteiger partial charge in [0.25, 0.3) is 0 Å². The maximum Gasteiger partial charge on any atom is 0.153 e. The van der Waals surface area contributed by atoms with Crippen molar-refractivity contribution in [1.82, 2.24) is 0 Å². The zero-order valence-corrected chi connectivity index (χ0v) is 7.94. The van der Waals surface area contributed by atoms with E-state index in [1.165, 1.54) is 6.26 Å². The zero-order chi connectivity index (χ0) is 10.3. The lowest BCUT2D eigenvalue weighted by Crippen LogP contribution is -1.78. The Labute approximate surface area is 86.1 Å². The number of furan rings is 1. The van der Waals surface area contributed by atoms with Crippen LogP contribution in [0.4, 0.5) is 0 Å². The summed E-state index contributed by atoms with van der Waals surface area (Å²) in [6, 6.07) is 11.9. The first-order valence-electron chi connectivity index (χ1n) is 4.74. The van der Waals surface area contributed by atoms with E-state index in [4.69, 9.17) is 4.42 Å². The predicted molar refractivity (Wildman–Crippen MR) is 59.1 cm³/mol. The van der Waals surface area contributed by atoms with Crippen molar-refractivity contribution in [2.24, 2.45) is 0 Å². The van der Waals surface area contributed by atoms with Crippen LogP contribution < -0.4 is 0 Å². The topological polar surface area (TPSA) is 30.2 Å². The molecule has 0 N–H and O–H groups in total. The van der Waals surface area contributed by atoms with E-state index >= 15 is 0 Å². The lowest BCUT2D eigenvalue weighted by Gasteiger charge is -1.98. The van der Waals surface area contributed by atoms with Crippen molar-refractivity contribution in [3.05, 3.63) is 48.2 Å². The van der Waals surface area contributed by atoms with Gasteiger partial charge in [-0.2, -0.15) is 0 Å². The van der Waals surface area contributed by atoms with Crippen LogP contribution in [-0.4, -0.2) is 6.29 Å². The molecule has 15 heavy (non-hydrogen) atoms. The number of benzene rings is 2. The highest BCUT2D eigenvalue weighted by molar-refractivity contribution is 6.12. The number of aldehydes is 1. The Bertz CT molecular complexity index is 650. The van der Waals surface area contributed by atoms with Gasteiger partial charge in [0, 0.05) is 5.39 Å². The number of carbonyl (C=O) groups excluding carboxylic acids is 1. The van der Waals surface area contributed by atoms with Gasteiger partial charge in [-0.05, 0) is 16.8 Å². The smallest absolute Gasteiger partial charge is 0.153 e. The monoisotopic (exact) mass is 196 g/mol. The molecule has 2 nitrogen and oxygen atoms in total. The van der Waals surface area contributed by atoms with E-state index in [0.717, 1.165) is 28.0 Å². The molecule has 0 aliphatic heterocycles. The normalized spacial score (nSPS) is 10.9. The summed E-state index contributed by atoms with van der Waals surface area (Å²) < 4.78 is 5.32. The summed E-state index contributed by atoms with van der Waals surface area (Å²) in [5, 5.41) is 3.09. The second-order valence-electron chi connectivity index (χ2n) is 3.47. The fraction of sp³-hybridized carbons (Fsp3) is 0. The summed E-state index contributed by atoms with van der Waals surface area (Å²) in [7, 11) is 0. The van der Waals surface area contributed by atoms with E-state index in [-0.39, 0.29) is 0 Å². The number of fused-ring (bicyclic) bond motifs is 3. The standard InChI is InChI=1S/C13H8O2/c14-7-10-8-15-12-6-5-9-3-1-2-4-11(9)13(10)12/h1-8H. The third kappa shape index (κ3) is 1.08. The van der Waals surface area contributed by atoms with Crippen molar-refractivity contribution in [2.75, 3.05) is 0 Å². The quantitative estimate of drug-likeness (QED) is 0.558. The Kier molecular flexibility index (Phi) is 1.62. The van der Waals surface area contributed by atoms with Gasteiger partial charge < -0.3 is 4.42 Å². The molecule has 2 heteroatoms. The van der Waals surface area contributed by atoms with Crippen LogP contribution in [0.3, 0.4) is 0 Å². The van der Waals surface area contributed by atoms with Gasteiger partial charge in [-0.3, -0.25) is 4.79 Å². The molecule has 0 aliphatic rings. The molecule has 0 unspecified atom stereocenters. The molecule has 0 spiro atoms. The number of rotatable bonds is 1. The van der Waals surface area contributed by atoms with E-state index in [1.807, 2.05) is 36.4 Å². The summed E-state index contributed by atoms with van der Waals surface area (Å²) in [4.78, 5) is 10.9. The second-order valence-corrected chi connectivity index (χ2v) is 3.47. The van der Waals surface area contributed by atoms with Crippen LogP contribution in [0.2, 0.25) is 0 Å². The van der Waals surface area contributed by atoms with Gasteiger partial charge in [0.1, 0.15) is 11.8 Å². The first-order valence-corrected chi connectivity index (χ1v) is 4.74. The molecule has 0 radical (unpaired) electrons. The largest absolute Gasteiger partial charge is 0.464 e. The molecule has 0 atom stereocenters. The molecule has 0 bridgehead atoms. The van der Waals surface area contributed by atoms with E-state index in [0.29, 0.717) is 5.56 Å². The van der Waals surface area contributed by atoms with Crippen molar-refractivity contribution in [3.8, 4) is 0 Å². The van der Waals surface area contributed by atoms with E-state index in [2.05, 4.69) is 0 Å². The van der Waals surface area contributed by atoms with Crippen LogP contribution >= 0.6 is 0 Å². The third-order valence-corrected chi connectivity index (χ3v) is 2.62. The molecule has 1 heterocycles. The van der Waals surface area contributed by atoms with Crippen LogP contribution in [0.1, 0.15) is 10.4 Å². The van der Waals surface area contributed by atoms with Crippen molar-refractivity contribution >= 4 is 28.0 Å². The maximum absolute atomic E-state index is 10.9. The summed E-state index contributed by atoms with van der Waals surface area (Å²) in [5.74, 6) is 0. The molecular weight excluding hydrogens is 188 g/mol. The Morgan fingerprint density at radius 1 is 1.07 bits per heavy atom. The molecule has 0 aliphatic carbocycles. The summed E-state index contributed by atoms with van der Waals surface area (Å²) in [6.45, 7) is 0. The van der Waals surface area contributed by atoms with Crippen LogP contribution in [0.25, 0.3) is 21.7 Å². The van der Waals surface area contributed by atoms with Gasteiger partial charge in [-0.25, -0.2) is 0 Å². The van der Waals surface area contributed by atoms with Crippen LogP contribution in [0.5, 0.6) is 0 Å². The minimum Gasteiger partial charge on any atom is -0.464 e. The van der Waals surface area contributed by atoms with Gasteiger partial charge in [-0.15, -0.1) is 0 Å². The predicted octanol–water partition coefficient (Wildman–Crippen LogP) is 3.40. The van der Waals surface area contributed by atoms with Crippen molar-refractivity contribution in [2.45, 2.75) is 0 Å². The molecule has 1 aromatic heterocycles. The average molecular weight is 196 g/mol. The minimum absolute atomic E-state index is 0.613. The molecule has 72 valence electrons. The first kappa shape index (κ1) is 8.24. The van der Waals surface area contributed by atoms with E-state index < -0.39 is 0 Å². The molecule has 3 rings (SSSR count). The van der Waals surface area contributed by atoms with Crippen LogP contribution in [0, 0.1) is 0 Å². The zero-order valence-electron chi connectivity index (χ0n) is 7.94. The highest BCUT2D eigenvalue weighted by Gasteiger charge is 2.07. The fourth-order valence-corrected chi connectivity index (χ4v) is 1.92. The number of hydrogen-bond acceptors (Lipinski definition) is 2. The summed E-state index contributed by atoms with van der Waals surface area (Å²) >= 11 is 0. The van der Waals surface area contributed by atoms with E-state index in [9.17, 15) is 4.79 Å². The third-order valence-electron chi connectivity index (χ3n) is 2.62. The Hall–Kier alpha value is -2.09. The maximum atomic E-state index is 10.9. The first-order chi connectivity index (χ1) is 7.40. The molecular formula is C13H8O2. The molecule has 0 amide bonds. The Balaban J connectivity index is 2.61. The molecule has 0 saturated heterocycles. The Morgan fingerprint density at radius 3 is 2.80 bits per heavy atom. The highest BCUT2D eigenvalue weighted by Crippen LogP contribution is 2.28. The molecule has 0 saturated carbocycles. The van der Waals surface area contributed by atoms with Gasteiger partial charge >= 0.3 is 0 Å².